The molecule has 0 fully saturated rings. The standard InChI is InChI=1S/C11H10N4O3S2/c1-6-2-3-7(4-8(6)15(17)18)9(16)5-19-11-14-13-10(12)20-11/h2-4H,5H2,1H3,(H2,12,13). The maximum Gasteiger partial charge on any atom is 0.273 e. The van der Waals surface area contributed by atoms with Gasteiger partial charge in [0.2, 0.25) is 5.13 Å². The van der Waals surface area contributed by atoms with Crippen molar-refractivity contribution in [3.8, 4) is 0 Å². The number of benzene rings is 1. The monoisotopic (exact) mass is 310 g/mol. The van der Waals surface area contributed by atoms with E-state index in [2.05, 4.69) is 10.2 Å². The predicted octanol–water partition coefficient (Wildman–Crippen LogP) is 2.31. The molecule has 2 N–H and O–H groups in total. The molecule has 0 spiro atoms. The Morgan fingerprint density at radius 2 is 2.25 bits per heavy atom. The summed E-state index contributed by atoms with van der Waals surface area (Å²) in [6, 6.07) is 4.45. The van der Waals surface area contributed by atoms with Gasteiger partial charge in [0.25, 0.3) is 5.69 Å². The molecule has 9 heteroatoms. The van der Waals surface area contributed by atoms with Gasteiger partial charge in [0.1, 0.15) is 0 Å². The molecule has 20 heavy (non-hydrogen) atoms. The number of hydrogen-bond donors (Lipinski definition) is 1. The first-order valence-electron chi connectivity index (χ1n) is 5.47. The minimum atomic E-state index is -0.495. The van der Waals surface area contributed by atoms with Crippen LogP contribution in [0.25, 0.3) is 0 Å². The second-order valence-corrected chi connectivity index (χ2v) is 6.11. The van der Waals surface area contributed by atoms with E-state index < -0.39 is 4.92 Å². The number of nitro benzene ring substituents is 1. The Morgan fingerprint density at radius 3 is 2.85 bits per heavy atom. The highest BCUT2D eigenvalue weighted by Gasteiger charge is 2.15. The zero-order chi connectivity index (χ0) is 14.7. The third-order valence-electron chi connectivity index (χ3n) is 2.48. The van der Waals surface area contributed by atoms with Crippen LogP contribution in [-0.2, 0) is 0 Å². The molecule has 7 nitrogen and oxygen atoms in total. The molecule has 0 aliphatic rings. The van der Waals surface area contributed by atoms with Crippen LogP contribution in [0.2, 0.25) is 0 Å². The lowest BCUT2D eigenvalue weighted by molar-refractivity contribution is -0.385. The van der Waals surface area contributed by atoms with Gasteiger partial charge in [-0.15, -0.1) is 10.2 Å². The van der Waals surface area contributed by atoms with Gasteiger partial charge in [0, 0.05) is 17.2 Å². The second kappa shape index (κ2) is 5.97. The molecule has 0 atom stereocenters. The van der Waals surface area contributed by atoms with E-state index in [0.29, 0.717) is 20.6 Å². The molecule has 0 amide bonds. The summed E-state index contributed by atoms with van der Waals surface area (Å²) in [5.74, 6) is -0.0682. The molecule has 2 rings (SSSR count). The number of thioether (sulfide) groups is 1. The van der Waals surface area contributed by atoms with E-state index >= 15 is 0 Å². The maximum atomic E-state index is 12.0. The van der Waals surface area contributed by atoms with Gasteiger partial charge < -0.3 is 5.73 Å². The Labute approximate surface area is 122 Å². The Balaban J connectivity index is 2.09. The van der Waals surface area contributed by atoms with Crippen LogP contribution >= 0.6 is 23.1 Å². The molecule has 1 aromatic carbocycles. The normalized spacial score (nSPS) is 10.4. The zero-order valence-electron chi connectivity index (χ0n) is 10.4. The highest BCUT2D eigenvalue weighted by molar-refractivity contribution is 8.01. The van der Waals surface area contributed by atoms with Crippen LogP contribution in [0.1, 0.15) is 15.9 Å². The summed E-state index contributed by atoms with van der Waals surface area (Å²) in [6.45, 7) is 1.63. The lowest BCUT2D eigenvalue weighted by atomic mass is 10.1. The van der Waals surface area contributed by atoms with E-state index in [1.54, 1.807) is 19.1 Å². The van der Waals surface area contributed by atoms with Crippen LogP contribution in [0, 0.1) is 17.0 Å². The van der Waals surface area contributed by atoms with Crippen LogP contribution in [0.5, 0.6) is 0 Å². The molecular formula is C11H10N4O3S2. The van der Waals surface area contributed by atoms with Crippen molar-refractivity contribution in [3.05, 3.63) is 39.4 Å². The van der Waals surface area contributed by atoms with Crippen molar-refractivity contribution >= 4 is 39.7 Å². The van der Waals surface area contributed by atoms with Crippen molar-refractivity contribution in [2.24, 2.45) is 0 Å². The van der Waals surface area contributed by atoms with Crippen LogP contribution in [0.3, 0.4) is 0 Å². The Bertz CT molecular complexity index is 671. The van der Waals surface area contributed by atoms with Crippen molar-refractivity contribution in [1.29, 1.82) is 0 Å². The molecular weight excluding hydrogens is 300 g/mol. The minimum Gasteiger partial charge on any atom is -0.374 e. The number of carbonyl (C=O) groups excluding carboxylic acids is 1. The van der Waals surface area contributed by atoms with Crippen molar-refractivity contribution < 1.29 is 9.72 Å². The quantitative estimate of drug-likeness (QED) is 0.390. The first kappa shape index (κ1) is 14.4. The van der Waals surface area contributed by atoms with E-state index in [4.69, 9.17) is 5.73 Å². The van der Waals surface area contributed by atoms with Crippen LogP contribution < -0.4 is 5.73 Å². The number of nitrogens with zero attached hydrogens (tertiary/aromatic N) is 3. The van der Waals surface area contributed by atoms with Gasteiger partial charge in [-0.3, -0.25) is 14.9 Å². The Morgan fingerprint density at radius 1 is 1.50 bits per heavy atom. The average molecular weight is 310 g/mol. The number of nitrogens with two attached hydrogens (primary N) is 1. The predicted molar refractivity (Wildman–Crippen MR) is 77.2 cm³/mol. The summed E-state index contributed by atoms with van der Waals surface area (Å²) in [5, 5.41) is 18.6. The lowest BCUT2D eigenvalue weighted by Gasteiger charge is -2.01. The van der Waals surface area contributed by atoms with Crippen LogP contribution in [0.15, 0.2) is 22.5 Å². The summed E-state index contributed by atoms with van der Waals surface area (Å²) in [4.78, 5) is 22.3. The number of anilines is 1. The summed E-state index contributed by atoms with van der Waals surface area (Å²) in [6.07, 6.45) is 0. The van der Waals surface area contributed by atoms with Crippen molar-refractivity contribution in [2.45, 2.75) is 11.3 Å². The summed E-state index contributed by atoms with van der Waals surface area (Å²) < 4.78 is 0.595. The lowest BCUT2D eigenvalue weighted by Crippen LogP contribution is -2.04. The summed E-state index contributed by atoms with van der Waals surface area (Å²) in [5.41, 5.74) is 6.22. The van der Waals surface area contributed by atoms with Crippen LogP contribution in [0.4, 0.5) is 10.8 Å². The maximum absolute atomic E-state index is 12.0. The number of carbonyl (C=O) groups is 1. The SMILES string of the molecule is Cc1ccc(C(=O)CSc2nnc(N)s2)cc1[N+](=O)[O-]. The molecule has 0 saturated carbocycles. The Kier molecular flexibility index (Phi) is 4.30. The number of hydrogen-bond acceptors (Lipinski definition) is 8. The minimum absolute atomic E-state index is 0.0546. The molecule has 104 valence electrons. The van der Waals surface area contributed by atoms with E-state index in [9.17, 15) is 14.9 Å². The van der Waals surface area contributed by atoms with Gasteiger partial charge in [-0.1, -0.05) is 35.2 Å². The number of rotatable bonds is 5. The fraction of sp³-hybridized carbons (Fsp3) is 0.182. The van der Waals surface area contributed by atoms with Crippen molar-refractivity contribution in [2.75, 3.05) is 11.5 Å². The molecule has 0 bridgehead atoms. The Hall–Kier alpha value is -2.00. The van der Waals surface area contributed by atoms with Crippen LogP contribution in [-0.4, -0.2) is 26.7 Å². The molecule has 0 radical (unpaired) electrons. The van der Waals surface area contributed by atoms with Gasteiger partial charge >= 0.3 is 0 Å². The number of aryl methyl sites for hydroxylation is 1. The zero-order valence-corrected chi connectivity index (χ0v) is 12.0. The van der Waals surface area contributed by atoms with Gasteiger partial charge in [-0.25, -0.2) is 0 Å². The highest BCUT2D eigenvalue weighted by atomic mass is 32.2. The number of ketones is 1. The smallest absolute Gasteiger partial charge is 0.273 e. The topological polar surface area (TPSA) is 112 Å². The second-order valence-electron chi connectivity index (χ2n) is 3.88. The molecule has 0 aliphatic heterocycles. The molecule has 0 aliphatic carbocycles. The molecule has 0 saturated heterocycles. The largest absolute Gasteiger partial charge is 0.374 e. The molecule has 1 heterocycles. The first-order valence-corrected chi connectivity index (χ1v) is 7.27. The third-order valence-corrected chi connectivity index (χ3v) is 4.36. The summed E-state index contributed by atoms with van der Waals surface area (Å²) >= 11 is 2.40. The fourth-order valence-corrected chi connectivity index (χ4v) is 3.00. The van der Waals surface area contributed by atoms with Crippen molar-refractivity contribution in [1.82, 2.24) is 10.2 Å². The van der Waals surface area contributed by atoms with Crippen molar-refractivity contribution in [3.63, 3.8) is 0 Å². The van der Waals surface area contributed by atoms with E-state index in [1.807, 2.05) is 0 Å². The van der Waals surface area contributed by atoms with E-state index in [0.717, 1.165) is 0 Å². The van der Waals surface area contributed by atoms with Gasteiger partial charge in [0.15, 0.2) is 10.1 Å². The molecule has 1 aromatic heterocycles. The number of Topliss-reactive ketones (excluding diaryl/α,β-unsaturated/α-hetero) is 1. The van der Waals surface area contributed by atoms with Gasteiger partial charge in [-0.05, 0) is 6.92 Å². The number of aromatic nitrogens is 2. The first-order chi connectivity index (χ1) is 9.47. The van der Waals surface area contributed by atoms with E-state index in [1.165, 1.54) is 29.2 Å². The third kappa shape index (κ3) is 3.31. The van der Waals surface area contributed by atoms with Gasteiger partial charge in [-0.2, -0.15) is 0 Å². The number of nitrogen functional groups attached to an aromatic ring is 1. The fourth-order valence-electron chi connectivity index (χ4n) is 1.47. The summed E-state index contributed by atoms with van der Waals surface area (Å²) in [7, 11) is 0. The highest BCUT2D eigenvalue weighted by Crippen LogP contribution is 2.25. The molecule has 2 aromatic rings. The number of nitro groups is 1. The van der Waals surface area contributed by atoms with Gasteiger partial charge in [0.05, 0.1) is 10.7 Å². The van der Waals surface area contributed by atoms with E-state index in [-0.39, 0.29) is 17.2 Å². The molecule has 0 unspecified atom stereocenters. The average Bonchev–Trinajstić information content (AvgIpc) is 2.82.